The summed E-state index contributed by atoms with van der Waals surface area (Å²) in [6.45, 7) is 3.77. The normalized spacial score (nSPS) is 23.5. The zero-order valence-corrected chi connectivity index (χ0v) is 11.7. The summed E-state index contributed by atoms with van der Waals surface area (Å²) >= 11 is 0. The molecular weight excluding hydrogens is 243 g/mol. The van der Waals surface area contributed by atoms with Gasteiger partial charge in [-0.15, -0.1) is 0 Å². The Morgan fingerprint density at radius 1 is 1.47 bits per heavy atom. The third-order valence-corrected chi connectivity index (χ3v) is 4.00. The average Bonchev–Trinajstić information content (AvgIpc) is 2.89. The number of ether oxygens (including phenoxy) is 1. The van der Waals surface area contributed by atoms with E-state index >= 15 is 0 Å². The van der Waals surface area contributed by atoms with Crippen LogP contribution in [0.4, 0.5) is 4.39 Å². The van der Waals surface area contributed by atoms with Gasteiger partial charge in [-0.2, -0.15) is 0 Å². The molecule has 1 fully saturated rings. The monoisotopic (exact) mass is 266 g/mol. The van der Waals surface area contributed by atoms with Crippen LogP contribution in [0.15, 0.2) is 24.3 Å². The van der Waals surface area contributed by atoms with Crippen molar-refractivity contribution < 1.29 is 9.13 Å². The zero-order valence-electron chi connectivity index (χ0n) is 11.7. The van der Waals surface area contributed by atoms with Crippen molar-refractivity contribution in [3.63, 3.8) is 0 Å². The molecule has 2 rings (SSSR count). The molecule has 2 N–H and O–H groups in total. The summed E-state index contributed by atoms with van der Waals surface area (Å²) in [4.78, 5) is 2.25. The first-order valence-corrected chi connectivity index (χ1v) is 6.94. The molecule has 1 aliphatic heterocycles. The highest BCUT2D eigenvalue weighted by atomic mass is 19.1. The van der Waals surface area contributed by atoms with Gasteiger partial charge in [0.25, 0.3) is 0 Å². The summed E-state index contributed by atoms with van der Waals surface area (Å²) in [7, 11) is 1.73. The van der Waals surface area contributed by atoms with E-state index in [-0.39, 0.29) is 24.0 Å². The van der Waals surface area contributed by atoms with Gasteiger partial charge in [0.05, 0.1) is 12.1 Å². The Labute approximate surface area is 114 Å². The van der Waals surface area contributed by atoms with Crippen molar-refractivity contribution in [3.05, 3.63) is 35.6 Å². The number of methoxy groups -OCH3 is 1. The van der Waals surface area contributed by atoms with E-state index in [2.05, 4.69) is 4.90 Å². The molecule has 3 nitrogen and oxygen atoms in total. The van der Waals surface area contributed by atoms with Crippen molar-refractivity contribution in [1.29, 1.82) is 0 Å². The number of likely N-dealkylation sites (tertiary alicyclic amines) is 1. The van der Waals surface area contributed by atoms with Gasteiger partial charge in [-0.25, -0.2) is 4.39 Å². The van der Waals surface area contributed by atoms with Crippen molar-refractivity contribution in [2.24, 2.45) is 5.73 Å². The van der Waals surface area contributed by atoms with Crippen molar-refractivity contribution in [2.75, 3.05) is 20.2 Å². The maximum absolute atomic E-state index is 14.1. The van der Waals surface area contributed by atoms with Gasteiger partial charge >= 0.3 is 0 Å². The van der Waals surface area contributed by atoms with Crippen LogP contribution in [0.25, 0.3) is 0 Å². The average molecular weight is 266 g/mol. The molecule has 0 spiro atoms. The fourth-order valence-corrected chi connectivity index (χ4v) is 2.84. The number of halogens is 1. The lowest BCUT2D eigenvalue weighted by Gasteiger charge is -2.32. The highest BCUT2D eigenvalue weighted by molar-refractivity contribution is 5.23. The molecule has 0 saturated carbocycles. The number of benzene rings is 1. The minimum atomic E-state index is -0.169. The molecule has 1 aromatic rings. The third kappa shape index (κ3) is 3.14. The van der Waals surface area contributed by atoms with Crippen LogP contribution in [0.2, 0.25) is 0 Å². The number of hydrogen-bond donors (Lipinski definition) is 1. The minimum Gasteiger partial charge on any atom is -0.380 e. The molecule has 0 amide bonds. The van der Waals surface area contributed by atoms with Crippen LogP contribution in [-0.4, -0.2) is 37.2 Å². The molecule has 106 valence electrons. The summed E-state index contributed by atoms with van der Waals surface area (Å²) in [5.41, 5.74) is 6.94. The molecule has 1 aliphatic rings. The minimum absolute atomic E-state index is 0.0625. The summed E-state index contributed by atoms with van der Waals surface area (Å²) in [5, 5.41) is 0. The van der Waals surface area contributed by atoms with Crippen molar-refractivity contribution >= 4 is 0 Å². The van der Waals surface area contributed by atoms with E-state index in [0.717, 1.165) is 25.9 Å². The van der Waals surface area contributed by atoms with E-state index in [0.29, 0.717) is 5.56 Å². The lowest BCUT2D eigenvalue weighted by atomic mass is 9.96. The topological polar surface area (TPSA) is 38.5 Å². The lowest BCUT2D eigenvalue weighted by Crippen LogP contribution is -2.40. The van der Waals surface area contributed by atoms with Crippen LogP contribution in [0, 0.1) is 5.82 Å². The summed E-state index contributed by atoms with van der Waals surface area (Å²) in [6, 6.07) is 6.82. The van der Waals surface area contributed by atoms with Gasteiger partial charge in [-0.05, 0) is 18.9 Å². The fraction of sp³-hybridized carbons (Fsp3) is 0.600. The van der Waals surface area contributed by atoms with Gasteiger partial charge in [-0.3, -0.25) is 4.90 Å². The van der Waals surface area contributed by atoms with Crippen molar-refractivity contribution in [3.8, 4) is 0 Å². The van der Waals surface area contributed by atoms with E-state index in [1.807, 2.05) is 19.1 Å². The Kier molecular flexibility index (Phi) is 4.91. The molecule has 4 heteroatoms. The van der Waals surface area contributed by atoms with Crippen molar-refractivity contribution in [1.82, 2.24) is 4.90 Å². The van der Waals surface area contributed by atoms with E-state index in [1.54, 1.807) is 13.2 Å². The predicted molar refractivity (Wildman–Crippen MR) is 74.4 cm³/mol. The van der Waals surface area contributed by atoms with E-state index < -0.39 is 0 Å². The highest BCUT2D eigenvalue weighted by Gasteiger charge is 2.33. The number of nitrogens with zero attached hydrogens (tertiary/aromatic N) is 1. The Bertz CT molecular complexity index is 413. The van der Waals surface area contributed by atoms with Crippen LogP contribution < -0.4 is 5.73 Å². The number of rotatable bonds is 5. The SMILES string of the molecule is CCC(N)C(c1ccccc1F)N1CCC(OC)C1. The van der Waals surface area contributed by atoms with Crippen molar-refractivity contribution in [2.45, 2.75) is 38.0 Å². The second kappa shape index (κ2) is 6.46. The van der Waals surface area contributed by atoms with Crippen LogP contribution in [0.1, 0.15) is 31.4 Å². The van der Waals surface area contributed by atoms with Gasteiger partial charge in [0.2, 0.25) is 0 Å². The van der Waals surface area contributed by atoms with Gasteiger partial charge in [0, 0.05) is 31.8 Å². The Morgan fingerprint density at radius 3 is 2.79 bits per heavy atom. The molecule has 0 radical (unpaired) electrons. The number of hydrogen-bond acceptors (Lipinski definition) is 3. The summed E-state index contributed by atoms with van der Waals surface area (Å²) in [5.74, 6) is -0.169. The first kappa shape index (κ1) is 14.4. The zero-order chi connectivity index (χ0) is 13.8. The van der Waals surface area contributed by atoms with Gasteiger partial charge in [-0.1, -0.05) is 25.1 Å². The molecule has 0 aliphatic carbocycles. The molecule has 19 heavy (non-hydrogen) atoms. The Balaban J connectivity index is 2.25. The Morgan fingerprint density at radius 2 is 2.21 bits per heavy atom. The smallest absolute Gasteiger partial charge is 0.128 e. The Hall–Kier alpha value is -0.970. The first-order chi connectivity index (χ1) is 9.17. The largest absolute Gasteiger partial charge is 0.380 e. The first-order valence-electron chi connectivity index (χ1n) is 6.94. The van der Waals surface area contributed by atoms with Crippen LogP contribution in [0.3, 0.4) is 0 Å². The molecule has 3 unspecified atom stereocenters. The molecule has 0 bridgehead atoms. The maximum Gasteiger partial charge on any atom is 0.128 e. The van der Waals surface area contributed by atoms with Gasteiger partial charge in [0.15, 0.2) is 0 Å². The van der Waals surface area contributed by atoms with Gasteiger partial charge in [0.1, 0.15) is 5.82 Å². The lowest BCUT2D eigenvalue weighted by molar-refractivity contribution is 0.0966. The van der Waals surface area contributed by atoms with Crippen LogP contribution in [0.5, 0.6) is 0 Å². The quantitative estimate of drug-likeness (QED) is 0.889. The van der Waals surface area contributed by atoms with Gasteiger partial charge < -0.3 is 10.5 Å². The second-order valence-electron chi connectivity index (χ2n) is 5.18. The van der Waals surface area contributed by atoms with E-state index in [1.165, 1.54) is 6.07 Å². The van der Waals surface area contributed by atoms with E-state index in [9.17, 15) is 4.39 Å². The fourth-order valence-electron chi connectivity index (χ4n) is 2.84. The molecule has 1 saturated heterocycles. The second-order valence-corrected chi connectivity index (χ2v) is 5.18. The third-order valence-electron chi connectivity index (χ3n) is 4.00. The van der Waals surface area contributed by atoms with Crippen LogP contribution >= 0.6 is 0 Å². The molecule has 1 heterocycles. The molecule has 3 atom stereocenters. The molecule has 0 aromatic heterocycles. The number of nitrogens with two attached hydrogens (primary N) is 1. The molecular formula is C15H23FN2O. The summed E-state index contributed by atoms with van der Waals surface area (Å²) < 4.78 is 19.5. The standard InChI is InChI=1S/C15H23FN2O/c1-3-14(17)15(12-6-4-5-7-13(12)16)18-9-8-11(10-18)19-2/h4-7,11,14-15H,3,8-10,17H2,1-2H3. The predicted octanol–water partition coefficient (Wildman–Crippen LogP) is 2.32. The summed E-state index contributed by atoms with van der Waals surface area (Å²) in [6.07, 6.45) is 2.05. The maximum atomic E-state index is 14.1. The van der Waals surface area contributed by atoms with E-state index in [4.69, 9.17) is 10.5 Å². The van der Waals surface area contributed by atoms with Crippen LogP contribution in [-0.2, 0) is 4.74 Å². The molecule has 1 aromatic carbocycles. The highest BCUT2D eigenvalue weighted by Crippen LogP contribution is 2.30.